The van der Waals surface area contributed by atoms with Gasteiger partial charge in [-0.15, -0.1) is 10.2 Å². The number of pyridine rings is 1. The summed E-state index contributed by atoms with van der Waals surface area (Å²) >= 11 is 1.47. The Kier molecular flexibility index (Phi) is 4.46. The maximum Gasteiger partial charge on any atom is 0.203 e. The summed E-state index contributed by atoms with van der Waals surface area (Å²) in [7, 11) is 1.87. The third-order valence-electron chi connectivity index (χ3n) is 2.67. The Morgan fingerprint density at radius 2 is 2.06 bits per heavy atom. The lowest BCUT2D eigenvalue weighted by molar-refractivity contribution is 0.724. The van der Waals surface area contributed by atoms with Gasteiger partial charge in [-0.3, -0.25) is 0 Å². The third kappa shape index (κ3) is 3.66. The summed E-state index contributed by atoms with van der Waals surface area (Å²) in [5.74, 6) is 0.906. The minimum atomic E-state index is 0.553. The first-order chi connectivity index (χ1) is 8.78. The second kappa shape index (κ2) is 6.30. The number of hydrogen-bond acceptors (Lipinski definition) is 6. The van der Waals surface area contributed by atoms with Crippen molar-refractivity contribution in [2.45, 2.75) is 25.7 Å². The van der Waals surface area contributed by atoms with Crippen molar-refractivity contribution in [1.29, 1.82) is 0 Å². The predicted molar refractivity (Wildman–Crippen MR) is 74.7 cm³/mol. The van der Waals surface area contributed by atoms with Crippen LogP contribution in [-0.2, 0) is 12.8 Å². The molecule has 2 rings (SSSR count). The Balaban J connectivity index is 1.71. The number of unbranched alkanes of at least 4 members (excludes halogenated alkanes) is 1. The van der Waals surface area contributed by atoms with E-state index in [1.165, 1.54) is 16.9 Å². The van der Waals surface area contributed by atoms with E-state index in [-0.39, 0.29) is 0 Å². The van der Waals surface area contributed by atoms with Crippen LogP contribution in [0.5, 0.6) is 0 Å². The fourth-order valence-electron chi connectivity index (χ4n) is 1.69. The van der Waals surface area contributed by atoms with Crippen LogP contribution in [0.3, 0.4) is 0 Å². The molecule has 18 heavy (non-hydrogen) atoms. The number of nitrogens with zero attached hydrogens (tertiary/aromatic N) is 3. The molecule has 6 heteroatoms. The van der Waals surface area contributed by atoms with Crippen LogP contribution >= 0.6 is 11.3 Å². The standard InChI is InChI=1S/C12H17N5S/c1-14-10-7-6-9(8-15-10)4-2-3-5-11-16-17-12(13)18-11/h6-8H,2-5H2,1H3,(H2,13,17)(H,14,15). The molecule has 0 aliphatic rings. The third-order valence-corrected chi connectivity index (χ3v) is 3.48. The molecule has 0 amide bonds. The van der Waals surface area contributed by atoms with E-state index in [2.05, 4.69) is 26.6 Å². The molecule has 0 atom stereocenters. The highest BCUT2D eigenvalue weighted by Gasteiger charge is 2.01. The van der Waals surface area contributed by atoms with E-state index in [4.69, 9.17) is 5.73 Å². The summed E-state index contributed by atoms with van der Waals surface area (Å²) in [6.07, 6.45) is 6.15. The molecule has 0 fully saturated rings. The predicted octanol–water partition coefficient (Wildman–Crippen LogP) is 2.12. The summed E-state index contributed by atoms with van der Waals surface area (Å²) in [4.78, 5) is 4.29. The zero-order valence-electron chi connectivity index (χ0n) is 10.4. The van der Waals surface area contributed by atoms with Crippen LogP contribution < -0.4 is 11.1 Å². The zero-order chi connectivity index (χ0) is 12.8. The molecule has 0 aliphatic carbocycles. The van der Waals surface area contributed by atoms with E-state index in [9.17, 15) is 0 Å². The van der Waals surface area contributed by atoms with Crippen LogP contribution in [0.15, 0.2) is 18.3 Å². The minimum absolute atomic E-state index is 0.553. The molecule has 0 unspecified atom stereocenters. The van der Waals surface area contributed by atoms with Crippen LogP contribution in [-0.4, -0.2) is 22.2 Å². The molecular weight excluding hydrogens is 246 g/mol. The first-order valence-electron chi connectivity index (χ1n) is 5.98. The molecule has 3 N–H and O–H groups in total. The number of rotatable bonds is 6. The number of hydrogen-bond donors (Lipinski definition) is 2. The Labute approximate surface area is 110 Å². The zero-order valence-corrected chi connectivity index (χ0v) is 11.2. The molecule has 5 nitrogen and oxygen atoms in total. The van der Waals surface area contributed by atoms with Crippen molar-refractivity contribution in [3.05, 3.63) is 28.9 Å². The lowest BCUT2D eigenvalue weighted by Crippen LogP contribution is -1.94. The molecule has 0 aromatic carbocycles. The van der Waals surface area contributed by atoms with Gasteiger partial charge in [-0.05, 0) is 30.9 Å². The highest BCUT2D eigenvalue weighted by atomic mass is 32.1. The molecule has 0 aliphatic heterocycles. The number of aromatic nitrogens is 3. The van der Waals surface area contributed by atoms with E-state index in [0.29, 0.717) is 5.13 Å². The summed E-state index contributed by atoms with van der Waals surface area (Å²) in [6, 6.07) is 4.11. The molecule has 0 spiro atoms. The van der Waals surface area contributed by atoms with Crippen molar-refractivity contribution in [1.82, 2.24) is 15.2 Å². The van der Waals surface area contributed by atoms with E-state index in [1.54, 1.807) is 0 Å². The van der Waals surface area contributed by atoms with Crippen molar-refractivity contribution in [3.8, 4) is 0 Å². The second-order valence-corrected chi connectivity index (χ2v) is 5.14. The van der Waals surface area contributed by atoms with Crippen molar-refractivity contribution in [3.63, 3.8) is 0 Å². The number of nitrogens with two attached hydrogens (primary N) is 1. The van der Waals surface area contributed by atoms with E-state index >= 15 is 0 Å². The Hall–Kier alpha value is -1.69. The van der Waals surface area contributed by atoms with Gasteiger partial charge in [0.1, 0.15) is 10.8 Å². The summed E-state index contributed by atoms with van der Waals surface area (Å²) < 4.78 is 0. The van der Waals surface area contributed by atoms with Gasteiger partial charge in [-0.2, -0.15) is 0 Å². The van der Waals surface area contributed by atoms with E-state index < -0.39 is 0 Å². The largest absolute Gasteiger partial charge is 0.374 e. The maximum absolute atomic E-state index is 5.53. The van der Waals surface area contributed by atoms with Gasteiger partial charge < -0.3 is 11.1 Å². The van der Waals surface area contributed by atoms with Crippen LogP contribution in [0.1, 0.15) is 23.4 Å². The van der Waals surface area contributed by atoms with Gasteiger partial charge in [0, 0.05) is 19.7 Å². The molecule has 96 valence electrons. The van der Waals surface area contributed by atoms with E-state index in [1.807, 2.05) is 19.3 Å². The van der Waals surface area contributed by atoms with Crippen molar-refractivity contribution in [2.24, 2.45) is 0 Å². The summed E-state index contributed by atoms with van der Waals surface area (Å²) in [5, 5.41) is 12.4. The smallest absolute Gasteiger partial charge is 0.203 e. The van der Waals surface area contributed by atoms with Crippen LogP contribution in [0.25, 0.3) is 0 Å². The van der Waals surface area contributed by atoms with Gasteiger partial charge >= 0.3 is 0 Å². The Morgan fingerprint density at radius 3 is 2.67 bits per heavy atom. The molecule has 0 saturated carbocycles. The summed E-state index contributed by atoms with van der Waals surface area (Å²) in [5.41, 5.74) is 6.80. The minimum Gasteiger partial charge on any atom is -0.374 e. The molecule has 0 bridgehead atoms. The van der Waals surface area contributed by atoms with Gasteiger partial charge in [0.25, 0.3) is 0 Å². The number of anilines is 2. The highest BCUT2D eigenvalue weighted by Crippen LogP contribution is 2.14. The number of aryl methyl sites for hydroxylation is 2. The van der Waals surface area contributed by atoms with Gasteiger partial charge in [0.05, 0.1) is 0 Å². The number of nitrogens with one attached hydrogen (secondary N) is 1. The first-order valence-corrected chi connectivity index (χ1v) is 6.80. The SMILES string of the molecule is CNc1ccc(CCCCc2nnc(N)s2)cn1. The maximum atomic E-state index is 5.53. The average molecular weight is 263 g/mol. The topological polar surface area (TPSA) is 76.7 Å². The molecule has 2 heterocycles. The van der Waals surface area contributed by atoms with Crippen molar-refractivity contribution in [2.75, 3.05) is 18.1 Å². The van der Waals surface area contributed by atoms with Gasteiger partial charge in [-0.25, -0.2) is 4.98 Å². The molecule has 2 aromatic heterocycles. The quantitative estimate of drug-likeness (QED) is 0.781. The first kappa shape index (κ1) is 12.8. The van der Waals surface area contributed by atoms with Crippen LogP contribution in [0.4, 0.5) is 10.9 Å². The van der Waals surface area contributed by atoms with Crippen LogP contribution in [0.2, 0.25) is 0 Å². The monoisotopic (exact) mass is 263 g/mol. The average Bonchev–Trinajstić information content (AvgIpc) is 2.81. The molecular formula is C12H17N5S. The fourth-order valence-corrected chi connectivity index (χ4v) is 2.34. The second-order valence-electron chi connectivity index (χ2n) is 4.04. The Bertz CT molecular complexity index is 479. The normalized spacial score (nSPS) is 10.5. The van der Waals surface area contributed by atoms with Crippen molar-refractivity contribution >= 4 is 22.3 Å². The molecule has 0 radical (unpaired) electrons. The Morgan fingerprint density at radius 1 is 1.22 bits per heavy atom. The highest BCUT2D eigenvalue weighted by molar-refractivity contribution is 7.15. The van der Waals surface area contributed by atoms with Gasteiger partial charge in [0.2, 0.25) is 5.13 Å². The van der Waals surface area contributed by atoms with Crippen molar-refractivity contribution < 1.29 is 0 Å². The summed E-state index contributed by atoms with van der Waals surface area (Å²) in [6.45, 7) is 0. The lowest BCUT2D eigenvalue weighted by Gasteiger charge is -2.02. The molecule has 0 saturated heterocycles. The van der Waals surface area contributed by atoms with E-state index in [0.717, 1.165) is 36.5 Å². The van der Waals surface area contributed by atoms with Gasteiger partial charge in [-0.1, -0.05) is 17.4 Å². The number of nitrogen functional groups attached to an aromatic ring is 1. The fraction of sp³-hybridized carbons (Fsp3) is 0.417. The van der Waals surface area contributed by atoms with Gasteiger partial charge in [0.15, 0.2) is 0 Å². The molecule has 2 aromatic rings. The lowest BCUT2D eigenvalue weighted by atomic mass is 10.1. The van der Waals surface area contributed by atoms with Crippen LogP contribution in [0, 0.1) is 0 Å².